The monoisotopic (exact) mass is 336 g/mol. The van der Waals surface area contributed by atoms with E-state index in [0.29, 0.717) is 25.9 Å². The van der Waals surface area contributed by atoms with Crippen LogP contribution in [0.1, 0.15) is 58.4 Å². The van der Waals surface area contributed by atoms with Gasteiger partial charge in [0.25, 0.3) is 0 Å². The van der Waals surface area contributed by atoms with Crippen LogP contribution in [-0.2, 0) is 16.1 Å². The Morgan fingerprint density at radius 2 is 1.79 bits per heavy atom. The minimum atomic E-state index is -0.494. The Kier molecular flexibility index (Phi) is 9.05. The molecular formula is C19H29FN2O2. The third-order valence-electron chi connectivity index (χ3n) is 3.95. The minimum absolute atomic E-state index is 0.0423. The molecule has 1 aromatic rings. The average Bonchev–Trinajstić information content (AvgIpc) is 2.57. The summed E-state index contributed by atoms with van der Waals surface area (Å²) < 4.78 is 13.1. The Labute approximate surface area is 144 Å². The lowest BCUT2D eigenvalue weighted by Crippen LogP contribution is -2.49. The summed E-state index contributed by atoms with van der Waals surface area (Å²) in [5.41, 5.74) is 0.820. The maximum atomic E-state index is 13.1. The molecule has 1 rings (SSSR count). The zero-order valence-corrected chi connectivity index (χ0v) is 15.0. The van der Waals surface area contributed by atoms with E-state index < -0.39 is 6.04 Å². The van der Waals surface area contributed by atoms with Gasteiger partial charge in [0.15, 0.2) is 0 Å². The number of nitrogens with one attached hydrogen (secondary N) is 1. The van der Waals surface area contributed by atoms with Crippen molar-refractivity contribution < 1.29 is 14.0 Å². The number of hydrogen-bond acceptors (Lipinski definition) is 2. The van der Waals surface area contributed by atoms with Gasteiger partial charge in [0.1, 0.15) is 11.9 Å². The van der Waals surface area contributed by atoms with Gasteiger partial charge in [0, 0.05) is 19.5 Å². The Morgan fingerprint density at radius 1 is 1.12 bits per heavy atom. The number of unbranched alkanes of at least 4 members (excludes halogenated alkanes) is 1. The van der Waals surface area contributed by atoms with Crippen LogP contribution in [0.15, 0.2) is 24.3 Å². The molecule has 0 aliphatic carbocycles. The summed E-state index contributed by atoms with van der Waals surface area (Å²) in [6, 6.07) is 5.57. The number of hydrogen-bond donors (Lipinski definition) is 1. The van der Waals surface area contributed by atoms with E-state index in [4.69, 9.17) is 0 Å². The van der Waals surface area contributed by atoms with Crippen LogP contribution in [0.5, 0.6) is 0 Å². The number of halogens is 1. The van der Waals surface area contributed by atoms with Crippen molar-refractivity contribution in [1.82, 2.24) is 10.2 Å². The van der Waals surface area contributed by atoms with Gasteiger partial charge in [-0.25, -0.2) is 4.39 Å². The SMILES string of the molecule is CCCCNC(=O)[C@@H](CC)N(Cc1ccc(F)cc1)C(=O)CCC. The standard InChI is InChI=1S/C19H29FN2O2/c1-4-7-13-21-19(24)17(6-3)22(18(23)8-5-2)14-15-9-11-16(20)12-10-15/h9-12,17H,4-8,13-14H2,1-3H3,(H,21,24)/t17-/m1/s1. The van der Waals surface area contributed by atoms with Crippen LogP contribution in [-0.4, -0.2) is 29.3 Å². The van der Waals surface area contributed by atoms with Crippen molar-refractivity contribution in [3.05, 3.63) is 35.6 Å². The number of benzene rings is 1. The van der Waals surface area contributed by atoms with Crippen molar-refractivity contribution in [2.75, 3.05) is 6.54 Å². The first kappa shape index (κ1) is 20.1. The lowest BCUT2D eigenvalue weighted by atomic mass is 10.1. The second-order valence-corrected chi connectivity index (χ2v) is 5.97. The van der Waals surface area contributed by atoms with Crippen LogP contribution in [0.4, 0.5) is 4.39 Å². The molecule has 1 N–H and O–H groups in total. The van der Waals surface area contributed by atoms with E-state index in [9.17, 15) is 14.0 Å². The Morgan fingerprint density at radius 3 is 2.33 bits per heavy atom. The molecule has 24 heavy (non-hydrogen) atoms. The summed E-state index contributed by atoms with van der Waals surface area (Å²) in [7, 11) is 0. The topological polar surface area (TPSA) is 49.4 Å². The fourth-order valence-electron chi connectivity index (χ4n) is 2.57. The van der Waals surface area contributed by atoms with Crippen LogP contribution in [0.2, 0.25) is 0 Å². The van der Waals surface area contributed by atoms with Crippen LogP contribution in [0.3, 0.4) is 0 Å². The van der Waals surface area contributed by atoms with E-state index in [1.165, 1.54) is 12.1 Å². The molecule has 0 unspecified atom stereocenters. The second-order valence-electron chi connectivity index (χ2n) is 5.97. The summed E-state index contributed by atoms with van der Waals surface area (Å²) in [6.07, 6.45) is 3.61. The summed E-state index contributed by atoms with van der Waals surface area (Å²) in [5, 5.41) is 2.91. The first-order chi connectivity index (χ1) is 11.5. The number of carbonyl (C=O) groups excluding carboxylic acids is 2. The molecule has 5 heteroatoms. The van der Waals surface area contributed by atoms with E-state index in [1.807, 2.05) is 13.8 Å². The highest BCUT2D eigenvalue weighted by Crippen LogP contribution is 2.14. The van der Waals surface area contributed by atoms with Gasteiger partial charge in [-0.15, -0.1) is 0 Å². The molecule has 4 nitrogen and oxygen atoms in total. The van der Waals surface area contributed by atoms with E-state index in [-0.39, 0.29) is 17.6 Å². The molecule has 0 fully saturated rings. The quantitative estimate of drug-likeness (QED) is 0.663. The van der Waals surface area contributed by atoms with Gasteiger partial charge in [0.05, 0.1) is 0 Å². The first-order valence-electron chi connectivity index (χ1n) is 8.85. The first-order valence-corrected chi connectivity index (χ1v) is 8.85. The van der Waals surface area contributed by atoms with E-state index in [2.05, 4.69) is 12.2 Å². The second kappa shape index (κ2) is 10.8. The molecule has 0 aliphatic rings. The Hall–Kier alpha value is -1.91. The van der Waals surface area contributed by atoms with Crippen molar-refractivity contribution >= 4 is 11.8 Å². The predicted octanol–water partition coefficient (Wildman–Crippen LogP) is 3.65. The van der Waals surface area contributed by atoms with Crippen LogP contribution >= 0.6 is 0 Å². The van der Waals surface area contributed by atoms with Gasteiger partial charge in [-0.2, -0.15) is 0 Å². The molecule has 0 heterocycles. The maximum absolute atomic E-state index is 13.1. The molecule has 1 atom stereocenters. The summed E-state index contributed by atoms with van der Waals surface area (Å²) in [6.45, 7) is 6.85. The predicted molar refractivity (Wildman–Crippen MR) is 93.9 cm³/mol. The Balaban J connectivity index is 2.90. The van der Waals surface area contributed by atoms with Crippen LogP contribution < -0.4 is 5.32 Å². The molecule has 2 amide bonds. The zero-order chi connectivity index (χ0) is 17.9. The van der Waals surface area contributed by atoms with Gasteiger partial charge in [-0.1, -0.05) is 39.3 Å². The third-order valence-corrected chi connectivity index (χ3v) is 3.95. The van der Waals surface area contributed by atoms with Gasteiger partial charge in [-0.3, -0.25) is 9.59 Å². The molecule has 0 aliphatic heterocycles. The fraction of sp³-hybridized carbons (Fsp3) is 0.579. The average molecular weight is 336 g/mol. The lowest BCUT2D eigenvalue weighted by Gasteiger charge is -2.30. The number of nitrogens with zero attached hydrogens (tertiary/aromatic N) is 1. The van der Waals surface area contributed by atoms with Crippen molar-refractivity contribution in [2.45, 2.75) is 65.5 Å². The molecule has 1 aromatic carbocycles. The highest BCUT2D eigenvalue weighted by Gasteiger charge is 2.27. The number of carbonyl (C=O) groups is 2. The van der Waals surface area contributed by atoms with Crippen molar-refractivity contribution in [3.63, 3.8) is 0 Å². The molecule has 0 saturated heterocycles. The highest BCUT2D eigenvalue weighted by molar-refractivity contribution is 5.87. The molecule has 0 saturated carbocycles. The molecule has 134 valence electrons. The fourth-order valence-corrected chi connectivity index (χ4v) is 2.57. The number of rotatable bonds is 10. The maximum Gasteiger partial charge on any atom is 0.242 e. The minimum Gasteiger partial charge on any atom is -0.354 e. The smallest absolute Gasteiger partial charge is 0.242 e. The van der Waals surface area contributed by atoms with Gasteiger partial charge in [0.2, 0.25) is 11.8 Å². The van der Waals surface area contributed by atoms with Crippen LogP contribution in [0.25, 0.3) is 0 Å². The molecule has 0 radical (unpaired) electrons. The number of amides is 2. The van der Waals surface area contributed by atoms with Crippen molar-refractivity contribution in [1.29, 1.82) is 0 Å². The lowest BCUT2D eigenvalue weighted by molar-refractivity contribution is -0.141. The van der Waals surface area contributed by atoms with Gasteiger partial charge in [-0.05, 0) is 37.0 Å². The summed E-state index contributed by atoms with van der Waals surface area (Å²) >= 11 is 0. The highest BCUT2D eigenvalue weighted by atomic mass is 19.1. The normalized spacial score (nSPS) is 11.8. The largest absolute Gasteiger partial charge is 0.354 e. The van der Waals surface area contributed by atoms with Crippen LogP contribution in [0, 0.1) is 5.82 Å². The van der Waals surface area contributed by atoms with Gasteiger partial charge < -0.3 is 10.2 Å². The summed E-state index contributed by atoms with van der Waals surface area (Å²) in [4.78, 5) is 26.6. The van der Waals surface area contributed by atoms with E-state index in [0.717, 1.165) is 24.8 Å². The van der Waals surface area contributed by atoms with Gasteiger partial charge >= 0.3 is 0 Å². The zero-order valence-electron chi connectivity index (χ0n) is 15.0. The molecular weight excluding hydrogens is 307 g/mol. The third kappa shape index (κ3) is 6.30. The van der Waals surface area contributed by atoms with Crippen molar-refractivity contribution in [3.8, 4) is 0 Å². The molecule has 0 bridgehead atoms. The molecule has 0 spiro atoms. The summed E-state index contributed by atoms with van der Waals surface area (Å²) in [5.74, 6) is -0.466. The Bertz CT molecular complexity index is 517. The van der Waals surface area contributed by atoms with E-state index >= 15 is 0 Å². The van der Waals surface area contributed by atoms with E-state index in [1.54, 1.807) is 17.0 Å². The van der Waals surface area contributed by atoms with Crippen molar-refractivity contribution in [2.24, 2.45) is 0 Å². The molecule has 0 aromatic heterocycles.